The molecule has 2 aromatic rings. The number of anilines is 1. The van der Waals surface area contributed by atoms with Crippen LogP contribution in [0.5, 0.6) is 11.5 Å². The van der Waals surface area contributed by atoms with Crippen LogP contribution in [0.25, 0.3) is 0 Å². The lowest BCUT2D eigenvalue weighted by Crippen LogP contribution is -2.48. The van der Waals surface area contributed by atoms with E-state index in [1.807, 2.05) is 6.92 Å². The molecule has 3 rings (SSSR count). The summed E-state index contributed by atoms with van der Waals surface area (Å²) in [4.78, 5) is 30.2. The van der Waals surface area contributed by atoms with Crippen LogP contribution >= 0.6 is 0 Å². The molecular formula is C27H33F3N6O4. The van der Waals surface area contributed by atoms with E-state index in [1.54, 1.807) is 24.1 Å². The Labute approximate surface area is 230 Å². The third-order valence-corrected chi connectivity index (χ3v) is 6.61. The Morgan fingerprint density at radius 2 is 1.62 bits per heavy atom. The summed E-state index contributed by atoms with van der Waals surface area (Å²) in [7, 11) is 0. The fraction of sp³-hybridized carbons (Fsp3) is 0.407. The summed E-state index contributed by atoms with van der Waals surface area (Å²) >= 11 is 0. The fourth-order valence-electron chi connectivity index (χ4n) is 4.31. The van der Waals surface area contributed by atoms with E-state index in [0.29, 0.717) is 24.2 Å². The van der Waals surface area contributed by atoms with Crippen molar-refractivity contribution in [2.45, 2.75) is 32.9 Å². The standard InChI is InChI=1S/C27H33F3N6O4/c1-4-34-9-11-35(12-10-34)26(40)17-5-7-18(8-6-17)36(24(32)25(39)33-15-27(28,29)30)23(31)20-13-19(16(2)3)21(37)14-22(20)38/h5-8,13-14,16,31-32,37-38H,4,9-12,15H2,1-3H3,(H,33,39). The molecular weight excluding hydrogens is 529 g/mol. The van der Waals surface area contributed by atoms with Crippen LogP contribution < -0.4 is 10.2 Å². The second-order valence-corrected chi connectivity index (χ2v) is 9.69. The van der Waals surface area contributed by atoms with E-state index in [4.69, 9.17) is 10.8 Å². The van der Waals surface area contributed by atoms with E-state index < -0.39 is 36.0 Å². The number of likely N-dealkylation sites (N-methyl/N-ethyl adjacent to an activating group) is 1. The smallest absolute Gasteiger partial charge is 0.405 e. The maximum absolute atomic E-state index is 13.0. The maximum Gasteiger partial charge on any atom is 0.405 e. The maximum atomic E-state index is 13.0. The Balaban J connectivity index is 1.96. The van der Waals surface area contributed by atoms with Crippen molar-refractivity contribution < 1.29 is 33.0 Å². The first-order valence-electron chi connectivity index (χ1n) is 12.7. The van der Waals surface area contributed by atoms with Crippen LogP contribution in [0, 0.1) is 10.8 Å². The van der Waals surface area contributed by atoms with Gasteiger partial charge >= 0.3 is 6.18 Å². The number of carbonyl (C=O) groups is 2. The molecule has 0 saturated carbocycles. The zero-order valence-electron chi connectivity index (χ0n) is 22.5. The summed E-state index contributed by atoms with van der Waals surface area (Å²) < 4.78 is 38.2. The average molecular weight is 563 g/mol. The zero-order valence-corrected chi connectivity index (χ0v) is 22.5. The highest BCUT2D eigenvalue weighted by Crippen LogP contribution is 2.34. The molecule has 2 amide bonds. The lowest BCUT2D eigenvalue weighted by molar-refractivity contribution is -0.134. The number of phenolic OH excluding ortho intramolecular Hbond substituents is 2. The van der Waals surface area contributed by atoms with E-state index in [2.05, 4.69) is 4.90 Å². The molecule has 216 valence electrons. The van der Waals surface area contributed by atoms with Crippen molar-refractivity contribution in [2.24, 2.45) is 0 Å². The van der Waals surface area contributed by atoms with Crippen LogP contribution in [0.3, 0.4) is 0 Å². The molecule has 0 atom stereocenters. The number of hydrogen-bond acceptors (Lipinski definition) is 7. The predicted octanol–water partition coefficient (Wildman–Crippen LogP) is 3.49. The van der Waals surface area contributed by atoms with Crippen LogP contribution in [0.2, 0.25) is 0 Å². The van der Waals surface area contributed by atoms with Gasteiger partial charge in [-0.2, -0.15) is 13.2 Å². The lowest BCUT2D eigenvalue weighted by atomic mass is 9.98. The molecule has 2 aromatic carbocycles. The molecule has 13 heteroatoms. The Morgan fingerprint density at radius 3 is 2.15 bits per heavy atom. The number of piperazine rings is 1. The largest absolute Gasteiger partial charge is 0.508 e. The van der Waals surface area contributed by atoms with Gasteiger partial charge in [0.25, 0.3) is 11.8 Å². The van der Waals surface area contributed by atoms with Crippen molar-refractivity contribution in [3.63, 3.8) is 0 Å². The number of phenols is 2. The van der Waals surface area contributed by atoms with E-state index >= 15 is 0 Å². The van der Waals surface area contributed by atoms with Gasteiger partial charge in [-0.3, -0.25) is 25.3 Å². The Bertz CT molecular complexity index is 1270. The van der Waals surface area contributed by atoms with Crippen LogP contribution in [0.4, 0.5) is 18.9 Å². The fourth-order valence-corrected chi connectivity index (χ4v) is 4.31. The van der Waals surface area contributed by atoms with Crippen LogP contribution in [-0.4, -0.2) is 88.9 Å². The van der Waals surface area contributed by atoms with Crippen LogP contribution in [0.1, 0.15) is 48.2 Å². The van der Waals surface area contributed by atoms with Gasteiger partial charge in [-0.1, -0.05) is 20.8 Å². The predicted molar refractivity (Wildman–Crippen MR) is 144 cm³/mol. The Kier molecular flexibility index (Phi) is 9.40. The van der Waals surface area contributed by atoms with Crippen molar-refractivity contribution in [3.05, 3.63) is 53.1 Å². The molecule has 0 spiro atoms. The number of halogens is 3. The summed E-state index contributed by atoms with van der Waals surface area (Å²) in [5, 5.41) is 39.4. The number of nitrogens with one attached hydrogen (secondary N) is 3. The zero-order chi connectivity index (χ0) is 29.8. The highest BCUT2D eigenvalue weighted by atomic mass is 19.4. The Hall–Kier alpha value is -4.13. The summed E-state index contributed by atoms with van der Waals surface area (Å²) in [5.74, 6) is -4.21. The number of alkyl halides is 3. The molecule has 1 aliphatic heterocycles. The third kappa shape index (κ3) is 7.08. The number of aromatic hydroxyl groups is 2. The summed E-state index contributed by atoms with van der Waals surface area (Å²) in [6.45, 7) is 7.35. The minimum atomic E-state index is -4.72. The summed E-state index contributed by atoms with van der Waals surface area (Å²) in [6.07, 6.45) is -4.72. The van der Waals surface area contributed by atoms with E-state index in [9.17, 15) is 33.0 Å². The quantitative estimate of drug-likeness (QED) is 0.269. The van der Waals surface area contributed by atoms with Crippen molar-refractivity contribution in [3.8, 4) is 11.5 Å². The first-order chi connectivity index (χ1) is 18.7. The number of nitrogens with zero attached hydrogens (tertiary/aromatic N) is 3. The van der Waals surface area contributed by atoms with Gasteiger partial charge in [0.1, 0.15) is 23.9 Å². The van der Waals surface area contributed by atoms with E-state index in [-0.39, 0.29) is 28.8 Å². The average Bonchev–Trinajstić information content (AvgIpc) is 2.91. The molecule has 10 nitrogen and oxygen atoms in total. The van der Waals surface area contributed by atoms with Gasteiger partial charge in [-0.25, -0.2) is 0 Å². The van der Waals surface area contributed by atoms with Gasteiger partial charge < -0.3 is 25.3 Å². The van der Waals surface area contributed by atoms with Crippen molar-refractivity contribution >= 4 is 29.2 Å². The number of carbonyl (C=O) groups excluding carboxylic acids is 2. The minimum Gasteiger partial charge on any atom is -0.508 e. The number of rotatable bonds is 6. The molecule has 0 unspecified atom stereocenters. The molecule has 0 aliphatic carbocycles. The van der Waals surface area contributed by atoms with Crippen LogP contribution in [-0.2, 0) is 4.79 Å². The third-order valence-electron chi connectivity index (χ3n) is 6.61. The number of benzene rings is 2. The molecule has 1 saturated heterocycles. The molecule has 1 fully saturated rings. The second kappa shape index (κ2) is 12.4. The number of hydrogen-bond donors (Lipinski definition) is 5. The van der Waals surface area contributed by atoms with E-state index in [1.165, 1.54) is 30.3 Å². The molecule has 0 bridgehead atoms. The second-order valence-electron chi connectivity index (χ2n) is 9.69. The minimum absolute atomic E-state index is 0.0306. The van der Waals surface area contributed by atoms with Gasteiger partial charge in [-0.15, -0.1) is 0 Å². The Morgan fingerprint density at radius 1 is 1.02 bits per heavy atom. The molecule has 5 N–H and O–H groups in total. The van der Waals surface area contributed by atoms with Crippen LogP contribution in [0.15, 0.2) is 36.4 Å². The molecule has 40 heavy (non-hydrogen) atoms. The number of amides is 2. The first-order valence-corrected chi connectivity index (χ1v) is 12.7. The monoisotopic (exact) mass is 562 g/mol. The van der Waals surface area contributed by atoms with Crippen molar-refractivity contribution in [1.29, 1.82) is 10.8 Å². The topological polar surface area (TPSA) is 144 Å². The lowest BCUT2D eigenvalue weighted by Gasteiger charge is -2.34. The SMILES string of the molecule is CCN1CCN(C(=O)c2ccc(N(C(=N)C(=O)NCC(F)(F)F)C(=N)c3cc(C(C)C)c(O)cc3O)cc2)CC1. The van der Waals surface area contributed by atoms with Gasteiger partial charge in [0, 0.05) is 43.5 Å². The van der Waals surface area contributed by atoms with Gasteiger partial charge in [0.15, 0.2) is 5.84 Å². The van der Waals surface area contributed by atoms with Gasteiger partial charge in [-0.05, 0) is 48.4 Å². The van der Waals surface area contributed by atoms with Gasteiger partial charge in [0.05, 0.1) is 5.56 Å². The first kappa shape index (κ1) is 30.4. The molecule has 0 aromatic heterocycles. The normalized spacial score (nSPS) is 14.2. The van der Waals surface area contributed by atoms with Gasteiger partial charge in [0.2, 0.25) is 0 Å². The van der Waals surface area contributed by atoms with E-state index in [0.717, 1.165) is 30.6 Å². The summed E-state index contributed by atoms with van der Waals surface area (Å²) in [5.41, 5.74) is 0.560. The molecule has 0 radical (unpaired) electrons. The van der Waals surface area contributed by atoms with Crippen molar-refractivity contribution in [1.82, 2.24) is 15.1 Å². The highest BCUT2D eigenvalue weighted by Gasteiger charge is 2.32. The number of amidine groups is 2. The molecule has 1 aliphatic rings. The van der Waals surface area contributed by atoms with Crippen molar-refractivity contribution in [2.75, 3.05) is 44.2 Å². The summed E-state index contributed by atoms with van der Waals surface area (Å²) in [6, 6.07) is 7.97. The molecule has 1 heterocycles. The highest BCUT2D eigenvalue weighted by molar-refractivity contribution is 6.48.